The van der Waals surface area contributed by atoms with Crippen LogP contribution in [0.25, 0.3) is 0 Å². The number of halogens is 5. The van der Waals surface area contributed by atoms with E-state index in [1.54, 1.807) is 0 Å². The number of alkyl halides is 4. The lowest BCUT2D eigenvalue weighted by Gasteiger charge is -2.23. The van der Waals surface area contributed by atoms with Crippen molar-refractivity contribution in [2.24, 2.45) is 5.92 Å². The highest BCUT2D eigenvalue weighted by Gasteiger charge is 2.64. The van der Waals surface area contributed by atoms with Crippen LogP contribution in [0.2, 0.25) is 0 Å². The SMILES string of the molecule is FC(F)(F)[C@]1(Cl)C=C(Cl)C2=C[C@H]21. The number of rotatable bonds is 0. The fourth-order valence-electron chi connectivity index (χ4n) is 1.32. The van der Waals surface area contributed by atoms with Crippen molar-refractivity contribution in [2.45, 2.75) is 11.1 Å². The Morgan fingerprint density at radius 2 is 2.00 bits per heavy atom. The Bertz CT molecular complexity index is 302. The third kappa shape index (κ3) is 0.866. The average Bonchev–Trinajstić information content (AvgIpc) is 2.56. The molecule has 66 valence electrons. The Kier molecular flexibility index (Phi) is 1.42. The zero-order valence-electron chi connectivity index (χ0n) is 5.62. The van der Waals surface area contributed by atoms with E-state index in [9.17, 15) is 13.2 Å². The zero-order valence-corrected chi connectivity index (χ0v) is 7.13. The number of hydrogen-bond acceptors (Lipinski definition) is 0. The first-order valence-electron chi connectivity index (χ1n) is 3.22. The molecular formula is C7H3Cl2F3. The molecule has 0 fully saturated rings. The predicted octanol–water partition coefficient (Wildman–Crippen LogP) is 3.22. The van der Waals surface area contributed by atoms with Crippen molar-refractivity contribution < 1.29 is 13.2 Å². The molecule has 0 amide bonds. The van der Waals surface area contributed by atoms with Crippen LogP contribution in [0.3, 0.4) is 0 Å². The molecule has 2 atom stereocenters. The third-order valence-electron chi connectivity index (χ3n) is 2.07. The van der Waals surface area contributed by atoms with Gasteiger partial charge in [-0.1, -0.05) is 17.7 Å². The van der Waals surface area contributed by atoms with Crippen molar-refractivity contribution in [1.29, 1.82) is 0 Å². The summed E-state index contributed by atoms with van der Waals surface area (Å²) in [5.74, 6) is -0.730. The second kappa shape index (κ2) is 2.02. The van der Waals surface area contributed by atoms with Crippen LogP contribution in [0.5, 0.6) is 0 Å². The van der Waals surface area contributed by atoms with Crippen molar-refractivity contribution in [3.05, 3.63) is 22.8 Å². The van der Waals surface area contributed by atoms with Crippen molar-refractivity contribution in [3.8, 4) is 0 Å². The Hall–Kier alpha value is -0.150. The van der Waals surface area contributed by atoms with Crippen LogP contribution in [-0.4, -0.2) is 11.1 Å². The first kappa shape index (κ1) is 8.45. The van der Waals surface area contributed by atoms with E-state index in [0.717, 1.165) is 6.08 Å². The van der Waals surface area contributed by atoms with E-state index < -0.39 is 17.0 Å². The minimum Gasteiger partial charge on any atom is -0.169 e. The standard InChI is InChI=1S/C7H3Cl2F3/c8-5-2-6(9,7(10,11)12)4-1-3(4)5/h1-2,4H/t4-,6+/m1/s1. The lowest BCUT2D eigenvalue weighted by atomic mass is 10.0. The molecule has 5 heteroatoms. The van der Waals surface area contributed by atoms with Gasteiger partial charge in [-0.05, 0) is 11.6 Å². The first-order chi connectivity index (χ1) is 5.36. The second-order valence-electron chi connectivity index (χ2n) is 2.86. The molecule has 0 spiro atoms. The summed E-state index contributed by atoms with van der Waals surface area (Å²) in [7, 11) is 0. The van der Waals surface area contributed by atoms with Crippen LogP contribution in [0, 0.1) is 5.92 Å². The second-order valence-corrected chi connectivity index (χ2v) is 3.89. The van der Waals surface area contributed by atoms with Gasteiger partial charge in [0, 0.05) is 11.0 Å². The fraction of sp³-hybridized carbons (Fsp3) is 0.429. The van der Waals surface area contributed by atoms with Gasteiger partial charge in [0.05, 0.1) is 0 Å². The first-order valence-corrected chi connectivity index (χ1v) is 3.98. The molecule has 0 saturated heterocycles. The molecule has 0 saturated carbocycles. The molecule has 2 aliphatic rings. The predicted molar refractivity (Wildman–Crippen MR) is 40.1 cm³/mol. The molecule has 0 unspecified atom stereocenters. The van der Waals surface area contributed by atoms with E-state index >= 15 is 0 Å². The van der Waals surface area contributed by atoms with E-state index in [0.29, 0.717) is 5.57 Å². The summed E-state index contributed by atoms with van der Waals surface area (Å²) in [5.41, 5.74) is 0.518. The van der Waals surface area contributed by atoms with E-state index in [1.165, 1.54) is 6.08 Å². The molecule has 0 aromatic heterocycles. The van der Waals surface area contributed by atoms with Crippen LogP contribution in [0.1, 0.15) is 0 Å². The zero-order chi connectivity index (χ0) is 9.15. The Morgan fingerprint density at radius 3 is 2.17 bits per heavy atom. The Balaban J connectivity index is 2.37. The van der Waals surface area contributed by atoms with Crippen LogP contribution in [0.15, 0.2) is 22.8 Å². The molecule has 2 aliphatic carbocycles. The summed E-state index contributed by atoms with van der Waals surface area (Å²) in [5, 5.41) is 0.132. The molecule has 0 aromatic rings. The van der Waals surface area contributed by atoms with Gasteiger partial charge in [-0.15, -0.1) is 11.6 Å². The van der Waals surface area contributed by atoms with E-state index in [-0.39, 0.29) is 5.03 Å². The molecule has 0 N–H and O–H groups in total. The Labute approximate surface area is 76.6 Å². The van der Waals surface area contributed by atoms with Crippen molar-refractivity contribution in [2.75, 3.05) is 0 Å². The average molecular weight is 215 g/mol. The summed E-state index contributed by atoms with van der Waals surface area (Å²) in [6.45, 7) is 0. The van der Waals surface area contributed by atoms with E-state index in [1.807, 2.05) is 0 Å². The molecule has 0 nitrogen and oxygen atoms in total. The van der Waals surface area contributed by atoms with Crippen LogP contribution < -0.4 is 0 Å². The van der Waals surface area contributed by atoms with Crippen molar-refractivity contribution >= 4 is 23.2 Å². The highest BCUT2D eigenvalue weighted by molar-refractivity contribution is 6.36. The summed E-state index contributed by atoms with van der Waals surface area (Å²) in [6.07, 6.45) is -2.13. The lowest BCUT2D eigenvalue weighted by Crippen LogP contribution is -2.39. The van der Waals surface area contributed by atoms with Crippen molar-refractivity contribution in [3.63, 3.8) is 0 Å². The molecule has 0 aromatic carbocycles. The summed E-state index contributed by atoms with van der Waals surface area (Å²) in [6, 6.07) is 0. The van der Waals surface area contributed by atoms with Crippen LogP contribution in [0.4, 0.5) is 13.2 Å². The molecule has 0 radical (unpaired) electrons. The molecule has 0 bridgehead atoms. The van der Waals surface area contributed by atoms with Crippen molar-refractivity contribution in [1.82, 2.24) is 0 Å². The summed E-state index contributed by atoms with van der Waals surface area (Å²) in [4.78, 5) is -2.28. The maximum atomic E-state index is 12.3. The normalized spacial score (nSPS) is 38.9. The highest BCUT2D eigenvalue weighted by Crippen LogP contribution is 2.60. The lowest BCUT2D eigenvalue weighted by molar-refractivity contribution is -0.152. The minimum absolute atomic E-state index is 0.132. The minimum atomic E-state index is -4.44. The molecule has 2 rings (SSSR count). The van der Waals surface area contributed by atoms with Gasteiger partial charge in [0.1, 0.15) is 0 Å². The number of fused-ring (bicyclic) bond motifs is 1. The van der Waals surface area contributed by atoms with Gasteiger partial charge >= 0.3 is 6.18 Å². The summed E-state index contributed by atoms with van der Waals surface area (Å²) >= 11 is 10.9. The molecule has 12 heavy (non-hydrogen) atoms. The molecule has 0 aliphatic heterocycles. The fourth-order valence-corrected chi connectivity index (χ4v) is 2.02. The van der Waals surface area contributed by atoms with Gasteiger partial charge in [0.2, 0.25) is 0 Å². The maximum Gasteiger partial charge on any atom is 0.412 e. The summed E-state index contributed by atoms with van der Waals surface area (Å²) < 4.78 is 37.0. The van der Waals surface area contributed by atoms with E-state index in [4.69, 9.17) is 23.2 Å². The molecular weight excluding hydrogens is 212 g/mol. The van der Waals surface area contributed by atoms with Crippen LogP contribution >= 0.6 is 23.2 Å². The largest absolute Gasteiger partial charge is 0.412 e. The van der Waals surface area contributed by atoms with Gasteiger partial charge < -0.3 is 0 Å². The van der Waals surface area contributed by atoms with Gasteiger partial charge in [-0.2, -0.15) is 13.2 Å². The Morgan fingerprint density at radius 1 is 1.42 bits per heavy atom. The monoisotopic (exact) mass is 214 g/mol. The topological polar surface area (TPSA) is 0 Å². The van der Waals surface area contributed by atoms with Gasteiger partial charge in [-0.25, -0.2) is 0 Å². The smallest absolute Gasteiger partial charge is 0.169 e. The maximum absolute atomic E-state index is 12.3. The van der Waals surface area contributed by atoms with E-state index in [2.05, 4.69) is 0 Å². The number of hydrogen-bond donors (Lipinski definition) is 0. The third-order valence-corrected chi connectivity index (χ3v) is 2.96. The van der Waals surface area contributed by atoms with Gasteiger partial charge in [-0.3, -0.25) is 0 Å². The quantitative estimate of drug-likeness (QED) is 0.544. The van der Waals surface area contributed by atoms with Crippen LogP contribution in [-0.2, 0) is 0 Å². The highest BCUT2D eigenvalue weighted by atomic mass is 35.5. The van der Waals surface area contributed by atoms with Gasteiger partial charge in [0.25, 0.3) is 0 Å². The van der Waals surface area contributed by atoms with Gasteiger partial charge in [0.15, 0.2) is 4.87 Å². The molecule has 0 heterocycles. The number of allylic oxidation sites excluding steroid dienone is 4.